The van der Waals surface area contributed by atoms with E-state index in [1.165, 1.54) is 0 Å². The van der Waals surface area contributed by atoms with Crippen LogP contribution in [-0.2, 0) is 4.79 Å². The number of hydrogen-bond acceptors (Lipinski definition) is 5. The van der Waals surface area contributed by atoms with Gasteiger partial charge in [-0.1, -0.05) is 12.1 Å². The lowest BCUT2D eigenvalue weighted by Crippen LogP contribution is -2.39. The van der Waals surface area contributed by atoms with Gasteiger partial charge in [0.1, 0.15) is 5.75 Å². The molecule has 0 bridgehead atoms. The van der Waals surface area contributed by atoms with E-state index in [1.807, 2.05) is 36.1 Å². The van der Waals surface area contributed by atoms with Crippen molar-refractivity contribution >= 4 is 5.91 Å². The quantitative estimate of drug-likeness (QED) is 0.842. The van der Waals surface area contributed by atoms with Crippen LogP contribution in [0.3, 0.4) is 0 Å². The van der Waals surface area contributed by atoms with Crippen molar-refractivity contribution in [1.82, 2.24) is 15.0 Å². The van der Waals surface area contributed by atoms with Crippen molar-refractivity contribution in [2.75, 3.05) is 20.2 Å². The molecule has 1 atom stereocenters. The monoisotopic (exact) mass is 329 g/mol. The molecule has 2 heterocycles. The Balaban J connectivity index is 1.71. The maximum atomic E-state index is 12.1. The maximum Gasteiger partial charge on any atom is 0.231 e. The van der Waals surface area contributed by atoms with Gasteiger partial charge in [-0.15, -0.1) is 0 Å². The highest BCUT2D eigenvalue weighted by Crippen LogP contribution is 2.28. The Kier molecular flexibility index (Phi) is 5.13. The molecule has 1 aromatic heterocycles. The Morgan fingerprint density at radius 3 is 2.88 bits per heavy atom. The summed E-state index contributed by atoms with van der Waals surface area (Å²) in [5.41, 5.74) is 0.889. The molecule has 6 nitrogen and oxygen atoms in total. The fourth-order valence-corrected chi connectivity index (χ4v) is 3.04. The molecule has 1 saturated heterocycles. The number of carbonyl (C=O) groups is 1. The fraction of sp³-hybridized carbons (Fsp3) is 0.500. The molecule has 0 saturated carbocycles. The van der Waals surface area contributed by atoms with Crippen LogP contribution in [0.25, 0.3) is 11.4 Å². The van der Waals surface area contributed by atoms with Crippen molar-refractivity contribution in [3.63, 3.8) is 0 Å². The van der Waals surface area contributed by atoms with Crippen molar-refractivity contribution in [3.05, 3.63) is 30.2 Å². The molecule has 24 heavy (non-hydrogen) atoms. The van der Waals surface area contributed by atoms with E-state index in [9.17, 15) is 4.79 Å². The number of methoxy groups -OCH3 is 1. The summed E-state index contributed by atoms with van der Waals surface area (Å²) in [5.74, 6) is 2.33. The van der Waals surface area contributed by atoms with Crippen LogP contribution in [0.4, 0.5) is 0 Å². The third kappa shape index (κ3) is 3.58. The van der Waals surface area contributed by atoms with E-state index in [1.54, 1.807) is 7.11 Å². The van der Waals surface area contributed by atoms with Gasteiger partial charge in [-0.25, -0.2) is 0 Å². The Labute approximate surface area is 141 Å². The SMILES string of the molecule is CCCC(=O)N1CCCC(c2nc(-c3ccc(OC)cc3)no2)C1. The van der Waals surface area contributed by atoms with Crippen molar-refractivity contribution in [2.45, 2.75) is 38.5 Å². The Morgan fingerprint density at radius 1 is 1.38 bits per heavy atom. The Bertz CT molecular complexity index is 681. The number of rotatable bonds is 5. The minimum atomic E-state index is 0.124. The van der Waals surface area contributed by atoms with Gasteiger partial charge < -0.3 is 14.2 Å². The van der Waals surface area contributed by atoms with E-state index in [2.05, 4.69) is 10.1 Å². The number of amides is 1. The summed E-state index contributed by atoms with van der Waals surface area (Å²) in [6.07, 6.45) is 3.43. The van der Waals surface area contributed by atoms with Crippen LogP contribution in [0.5, 0.6) is 5.75 Å². The average Bonchev–Trinajstić information content (AvgIpc) is 3.12. The summed E-state index contributed by atoms with van der Waals surface area (Å²) in [5, 5.41) is 4.09. The first kappa shape index (κ1) is 16.5. The summed E-state index contributed by atoms with van der Waals surface area (Å²) < 4.78 is 10.6. The highest BCUT2D eigenvalue weighted by molar-refractivity contribution is 5.76. The van der Waals surface area contributed by atoms with Gasteiger partial charge >= 0.3 is 0 Å². The van der Waals surface area contributed by atoms with Gasteiger partial charge in [0.15, 0.2) is 0 Å². The van der Waals surface area contributed by atoms with E-state index in [0.29, 0.717) is 24.7 Å². The smallest absolute Gasteiger partial charge is 0.231 e. The molecule has 1 aliphatic heterocycles. The zero-order chi connectivity index (χ0) is 16.9. The third-order valence-corrected chi connectivity index (χ3v) is 4.38. The van der Waals surface area contributed by atoms with Gasteiger partial charge in [0.05, 0.1) is 13.0 Å². The third-order valence-electron chi connectivity index (χ3n) is 4.38. The maximum absolute atomic E-state index is 12.1. The fourth-order valence-electron chi connectivity index (χ4n) is 3.04. The van der Waals surface area contributed by atoms with E-state index in [0.717, 1.165) is 37.1 Å². The zero-order valence-electron chi connectivity index (χ0n) is 14.2. The first-order valence-electron chi connectivity index (χ1n) is 8.47. The molecule has 1 aliphatic rings. The molecule has 0 aliphatic carbocycles. The number of hydrogen-bond donors (Lipinski definition) is 0. The van der Waals surface area contributed by atoms with Crippen LogP contribution >= 0.6 is 0 Å². The lowest BCUT2D eigenvalue weighted by Gasteiger charge is -2.31. The highest BCUT2D eigenvalue weighted by atomic mass is 16.5. The zero-order valence-corrected chi connectivity index (χ0v) is 14.2. The molecule has 6 heteroatoms. The summed E-state index contributed by atoms with van der Waals surface area (Å²) in [4.78, 5) is 18.6. The van der Waals surface area contributed by atoms with Crippen LogP contribution in [0.2, 0.25) is 0 Å². The first-order chi connectivity index (χ1) is 11.7. The highest BCUT2D eigenvalue weighted by Gasteiger charge is 2.28. The average molecular weight is 329 g/mol. The van der Waals surface area contributed by atoms with Gasteiger partial charge in [-0.05, 0) is 43.5 Å². The van der Waals surface area contributed by atoms with Crippen LogP contribution in [0, 0.1) is 0 Å². The second kappa shape index (κ2) is 7.47. The van der Waals surface area contributed by atoms with E-state index < -0.39 is 0 Å². The summed E-state index contributed by atoms with van der Waals surface area (Å²) >= 11 is 0. The van der Waals surface area contributed by atoms with E-state index in [4.69, 9.17) is 9.26 Å². The summed E-state index contributed by atoms with van der Waals surface area (Å²) in [6, 6.07) is 7.56. The molecule has 0 radical (unpaired) electrons. The van der Waals surface area contributed by atoms with Gasteiger partial charge in [0, 0.05) is 25.1 Å². The topological polar surface area (TPSA) is 68.5 Å². The Hall–Kier alpha value is -2.37. The summed E-state index contributed by atoms with van der Waals surface area (Å²) in [7, 11) is 1.64. The second-order valence-corrected chi connectivity index (χ2v) is 6.11. The molecule has 2 aromatic rings. The van der Waals surface area contributed by atoms with Gasteiger partial charge in [0.2, 0.25) is 17.6 Å². The molecule has 0 spiro atoms. The van der Waals surface area contributed by atoms with Crippen molar-refractivity contribution in [1.29, 1.82) is 0 Å². The molecule has 1 fully saturated rings. The molecule has 1 amide bonds. The molecule has 1 unspecified atom stereocenters. The minimum Gasteiger partial charge on any atom is -0.497 e. The standard InChI is InChI=1S/C18H23N3O3/c1-3-5-16(22)21-11-4-6-14(12-21)18-19-17(20-24-18)13-7-9-15(23-2)10-8-13/h7-10,14H,3-6,11-12H2,1-2H3. The molecule has 0 N–H and O–H groups in total. The van der Waals surface area contributed by atoms with Crippen molar-refractivity contribution in [2.24, 2.45) is 0 Å². The number of carbonyl (C=O) groups excluding carboxylic acids is 1. The summed E-state index contributed by atoms with van der Waals surface area (Å²) in [6.45, 7) is 3.52. The molecule has 3 rings (SSSR count). The van der Waals surface area contributed by atoms with Crippen LogP contribution in [-0.4, -0.2) is 41.1 Å². The largest absolute Gasteiger partial charge is 0.497 e. The van der Waals surface area contributed by atoms with Crippen molar-refractivity contribution in [3.8, 4) is 17.1 Å². The number of aromatic nitrogens is 2. The first-order valence-corrected chi connectivity index (χ1v) is 8.47. The number of nitrogens with zero attached hydrogens (tertiary/aromatic N) is 3. The predicted molar refractivity (Wildman–Crippen MR) is 89.7 cm³/mol. The van der Waals surface area contributed by atoms with E-state index in [-0.39, 0.29) is 11.8 Å². The van der Waals surface area contributed by atoms with Crippen LogP contribution < -0.4 is 4.74 Å². The van der Waals surface area contributed by atoms with Crippen LogP contribution in [0.15, 0.2) is 28.8 Å². The molecule has 128 valence electrons. The second-order valence-electron chi connectivity index (χ2n) is 6.11. The molecular weight excluding hydrogens is 306 g/mol. The number of benzene rings is 1. The van der Waals surface area contributed by atoms with E-state index >= 15 is 0 Å². The molecular formula is C18H23N3O3. The lowest BCUT2D eigenvalue weighted by atomic mass is 9.97. The minimum absolute atomic E-state index is 0.124. The van der Waals surface area contributed by atoms with Crippen molar-refractivity contribution < 1.29 is 14.1 Å². The Morgan fingerprint density at radius 2 is 2.17 bits per heavy atom. The van der Waals surface area contributed by atoms with Gasteiger partial charge in [0.25, 0.3) is 0 Å². The lowest BCUT2D eigenvalue weighted by molar-refractivity contribution is -0.132. The van der Waals surface area contributed by atoms with Gasteiger partial charge in [-0.3, -0.25) is 4.79 Å². The molecule has 1 aromatic carbocycles. The number of ether oxygens (including phenoxy) is 1. The van der Waals surface area contributed by atoms with Crippen LogP contribution in [0.1, 0.15) is 44.4 Å². The van der Waals surface area contributed by atoms with Gasteiger partial charge in [-0.2, -0.15) is 4.98 Å². The number of piperidine rings is 1. The predicted octanol–water partition coefficient (Wildman–Crippen LogP) is 3.25. The normalized spacial score (nSPS) is 17.8. The number of likely N-dealkylation sites (tertiary alicyclic amines) is 1.